The number of amides is 2. The standard InChI is InChI=1S/C35H41N3O5/c1-5-6-19-37(35(40)32-18-17-31(42-3)22-33(32)43-4)26-34(39)38(23-27-12-8-7-9-13-27)25-29-15-11-20-36(29)24-28-14-10-16-30(21-28)41-2/h7-18,20-22H,5-6,19,23-26H2,1-4H3. The van der Waals surface area contributed by atoms with Crippen molar-refractivity contribution in [3.05, 3.63) is 114 Å². The van der Waals surface area contributed by atoms with Gasteiger partial charge in [-0.05, 0) is 53.9 Å². The summed E-state index contributed by atoms with van der Waals surface area (Å²) >= 11 is 0. The zero-order valence-electron chi connectivity index (χ0n) is 25.5. The Bertz CT molecular complexity index is 1480. The molecule has 8 nitrogen and oxygen atoms in total. The number of ether oxygens (including phenoxy) is 3. The maximum atomic E-state index is 14.0. The fourth-order valence-electron chi connectivity index (χ4n) is 4.96. The van der Waals surface area contributed by atoms with Gasteiger partial charge in [0.25, 0.3) is 5.91 Å². The lowest BCUT2D eigenvalue weighted by Gasteiger charge is -2.29. The molecule has 0 spiro atoms. The number of carbonyl (C=O) groups excluding carboxylic acids is 2. The minimum Gasteiger partial charge on any atom is -0.497 e. The van der Waals surface area contributed by atoms with Gasteiger partial charge in [0, 0.05) is 37.6 Å². The number of benzene rings is 3. The van der Waals surface area contributed by atoms with Gasteiger partial charge in [0.2, 0.25) is 5.91 Å². The SMILES string of the molecule is CCCCN(CC(=O)N(Cc1ccccc1)Cc1cccn1Cc1cccc(OC)c1)C(=O)c1ccc(OC)cc1OC. The van der Waals surface area contributed by atoms with E-state index >= 15 is 0 Å². The van der Waals surface area contributed by atoms with Crippen LogP contribution in [0.25, 0.3) is 0 Å². The fourth-order valence-corrected chi connectivity index (χ4v) is 4.96. The van der Waals surface area contributed by atoms with Crippen molar-refractivity contribution in [2.75, 3.05) is 34.4 Å². The Labute approximate surface area is 254 Å². The maximum Gasteiger partial charge on any atom is 0.258 e. The maximum absolute atomic E-state index is 14.0. The van der Waals surface area contributed by atoms with E-state index in [1.807, 2.05) is 71.8 Å². The van der Waals surface area contributed by atoms with E-state index in [9.17, 15) is 9.59 Å². The summed E-state index contributed by atoms with van der Waals surface area (Å²) in [5.74, 6) is 1.43. The number of nitrogens with zero attached hydrogens (tertiary/aromatic N) is 3. The van der Waals surface area contributed by atoms with Crippen molar-refractivity contribution in [1.82, 2.24) is 14.4 Å². The number of hydrogen-bond donors (Lipinski definition) is 0. The zero-order chi connectivity index (χ0) is 30.6. The minimum absolute atomic E-state index is 0.0442. The van der Waals surface area contributed by atoms with E-state index in [-0.39, 0.29) is 18.4 Å². The van der Waals surface area contributed by atoms with Crippen LogP contribution in [0, 0.1) is 0 Å². The third-order valence-corrected chi connectivity index (χ3v) is 7.37. The van der Waals surface area contributed by atoms with Crippen LogP contribution in [0.5, 0.6) is 17.2 Å². The van der Waals surface area contributed by atoms with Crippen molar-refractivity contribution in [3.8, 4) is 17.2 Å². The summed E-state index contributed by atoms with van der Waals surface area (Å²) in [6.45, 7) is 3.94. The average Bonchev–Trinajstić information content (AvgIpc) is 3.48. The summed E-state index contributed by atoms with van der Waals surface area (Å²) < 4.78 is 18.4. The first-order chi connectivity index (χ1) is 20.9. The largest absolute Gasteiger partial charge is 0.497 e. The number of carbonyl (C=O) groups is 2. The van der Waals surface area contributed by atoms with Gasteiger partial charge in [-0.2, -0.15) is 0 Å². The second-order valence-corrected chi connectivity index (χ2v) is 10.4. The van der Waals surface area contributed by atoms with Gasteiger partial charge in [-0.1, -0.05) is 55.8 Å². The van der Waals surface area contributed by atoms with Gasteiger partial charge in [0.05, 0.1) is 33.4 Å². The highest BCUT2D eigenvalue weighted by Gasteiger charge is 2.25. The Morgan fingerprint density at radius 3 is 2.21 bits per heavy atom. The van der Waals surface area contributed by atoms with Crippen LogP contribution < -0.4 is 14.2 Å². The summed E-state index contributed by atoms with van der Waals surface area (Å²) in [5.41, 5.74) is 3.51. The molecular formula is C35H41N3O5. The molecule has 0 atom stereocenters. The molecule has 0 bridgehead atoms. The molecule has 0 aliphatic heterocycles. The Hall–Kier alpha value is -4.72. The molecule has 0 aliphatic carbocycles. The second-order valence-electron chi connectivity index (χ2n) is 10.4. The fraction of sp³-hybridized carbons (Fsp3) is 0.314. The van der Waals surface area contributed by atoms with Crippen molar-refractivity contribution in [1.29, 1.82) is 0 Å². The number of hydrogen-bond acceptors (Lipinski definition) is 5. The van der Waals surface area contributed by atoms with Crippen molar-refractivity contribution in [2.45, 2.75) is 39.4 Å². The van der Waals surface area contributed by atoms with E-state index in [1.54, 1.807) is 37.3 Å². The second kappa shape index (κ2) is 15.5. The number of aromatic nitrogens is 1. The summed E-state index contributed by atoms with van der Waals surface area (Å²) in [7, 11) is 4.75. The number of rotatable bonds is 15. The Morgan fingerprint density at radius 1 is 0.744 bits per heavy atom. The van der Waals surface area contributed by atoms with E-state index in [0.717, 1.165) is 35.4 Å². The van der Waals surface area contributed by atoms with Gasteiger partial charge in [0.1, 0.15) is 23.8 Å². The molecule has 3 aromatic carbocycles. The smallest absolute Gasteiger partial charge is 0.258 e. The molecule has 226 valence electrons. The third-order valence-electron chi connectivity index (χ3n) is 7.37. The van der Waals surface area contributed by atoms with E-state index < -0.39 is 0 Å². The molecule has 8 heteroatoms. The average molecular weight is 584 g/mol. The normalized spacial score (nSPS) is 10.7. The van der Waals surface area contributed by atoms with Crippen molar-refractivity contribution < 1.29 is 23.8 Å². The Balaban J connectivity index is 1.59. The summed E-state index contributed by atoms with van der Waals surface area (Å²) in [6.07, 6.45) is 3.69. The zero-order valence-corrected chi connectivity index (χ0v) is 25.5. The molecule has 0 fully saturated rings. The molecule has 4 aromatic rings. The van der Waals surface area contributed by atoms with Crippen LogP contribution in [0.2, 0.25) is 0 Å². The highest BCUT2D eigenvalue weighted by molar-refractivity contribution is 5.99. The summed E-state index contributed by atoms with van der Waals surface area (Å²) in [4.78, 5) is 31.3. The molecule has 1 heterocycles. The van der Waals surface area contributed by atoms with Gasteiger partial charge in [0.15, 0.2) is 0 Å². The van der Waals surface area contributed by atoms with Gasteiger partial charge < -0.3 is 28.6 Å². The lowest BCUT2D eigenvalue weighted by Crippen LogP contribution is -2.43. The van der Waals surface area contributed by atoms with Gasteiger partial charge in [-0.25, -0.2) is 0 Å². The lowest BCUT2D eigenvalue weighted by atomic mass is 10.1. The molecule has 0 saturated heterocycles. The first-order valence-corrected chi connectivity index (χ1v) is 14.6. The van der Waals surface area contributed by atoms with Gasteiger partial charge in [-0.15, -0.1) is 0 Å². The molecule has 0 unspecified atom stereocenters. The first-order valence-electron chi connectivity index (χ1n) is 14.6. The number of unbranched alkanes of at least 4 members (excludes halogenated alkanes) is 1. The third kappa shape index (κ3) is 8.41. The predicted molar refractivity (Wildman–Crippen MR) is 168 cm³/mol. The van der Waals surface area contributed by atoms with E-state index in [4.69, 9.17) is 14.2 Å². The highest BCUT2D eigenvalue weighted by Crippen LogP contribution is 2.26. The molecule has 1 aromatic heterocycles. The Morgan fingerprint density at radius 2 is 1.49 bits per heavy atom. The molecule has 4 rings (SSSR count). The van der Waals surface area contributed by atoms with Crippen LogP contribution in [0.1, 0.15) is 46.9 Å². The first kappa shape index (κ1) is 31.2. The van der Waals surface area contributed by atoms with Crippen LogP contribution >= 0.6 is 0 Å². The summed E-state index contributed by atoms with van der Waals surface area (Å²) in [6, 6.07) is 27.0. The van der Waals surface area contributed by atoms with E-state index in [2.05, 4.69) is 17.6 Å². The molecule has 0 radical (unpaired) electrons. The van der Waals surface area contributed by atoms with Gasteiger partial charge >= 0.3 is 0 Å². The van der Waals surface area contributed by atoms with Crippen LogP contribution in [-0.2, 0) is 24.4 Å². The topological polar surface area (TPSA) is 73.2 Å². The van der Waals surface area contributed by atoms with Crippen LogP contribution in [0.15, 0.2) is 91.1 Å². The van der Waals surface area contributed by atoms with Crippen LogP contribution in [0.4, 0.5) is 0 Å². The van der Waals surface area contributed by atoms with Crippen molar-refractivity contribution >= 4 is 11.8 Å². The van der Waals surface area contributed by atoms with Crippen molar-refractivity contribution in [2.24, 2.45) is 0 Å². The predicted octanol–water partition coefficient (Wildman–Crippen LogP) is 6.03. The van der Waals surface area contributed by atoms with Gasteiger partial charge in [-0.3, -0.25) is 9.59 Å². The molecule has 43 heavy (non-hydrogen) atoms. The molecule has 0 aliphatic rings. The Kier molecular flexibility index (Phi) is 11.2. The van der Waals surface area contributed by atoms with Crippen molar-refractivity contribution in [3.63, 3.8) is 0 Å². The summed E-state index contributed by atoms with van der Waals surface area (Å²) in [5, 5.41) is 0. The molecule has 2 amide bonds. The van der Waals surface area contributed by atoms with Crippen LogP contribution in [0.3, 0.4) is 0 Å². The minimum atomic E-state index is -0.248. The van der Waals surface area contributed by atoms with E-state index in [1.165, 1.54) is 7.11 Å². The monoisotopic (exact) mass is 583 g/mol. The quantitative estimate of drug-likeness (QED) is 0.171. The lowest BCUT2D eigenvalue weighted by molar-refractivity contribution is -0.133. The van der Waals surface area contributed by atoms with E-state index in [0.29, 0.717) is 43.2 Å². The highest BCUT2D eigenvalue weighted by atomic mass is 16.5. The van der Waals surface area contributed by atoms with Crippen LogP contribution in [-0.4, -0.2) is 60.6 Å². The molecule has 0 N–H and O–H groups in total. The number of methoxy groups -OCH3 is 3. The molecule has 0 saturated carbocycles. The molecular weight excluding hydrogens is 542 g/mol.